The predicted octanol–water partition coefficient (Wildman–Crippen LogP) is 2.51. The molecule has 0 N–H and O–H groups in total. The van der Waals surface area contributed by atoms with E-state index >= 15 is 0 Å². The maximum Gasteiger partial charge on any atom is 0.247 e. The van der Waals surface area contributed by atoms with Gasteiger partial charge in [-0.2, -0.15) is 5.10 Å². The maximum absolute atomic E-state index is 13.9. The van der Waals surface area contributed by atoms with E-state index in [0.717, 1.165) is 57.2 Å². The molecule has 3 fully saturated rings. The van der Waals surface area contributed by atoms with Crippen LogP contribution in [0.25, 0.3) is 0 Å². The van der Waals surface area contributed by atoms with Gasteiger partial charge in [0.25, 0.3) is 0 Å². The van der Waals surface area contributed by atoms with E-state index in [1.807, 2.05) is 24.3 Å². The Morgan fingerprint density at radius 3 is 2.48 bits per heavy atom. The Bertz CT molecular complexity index is 851. The number of carbonyl (C=O) groups excluding carboxylic acids is 1. The number of aryl methyl sites for hydroxylation is 1. The molecule has 3 heterocycles. The van der Waals surface area contributed by atoms with Gasteiger partial charge in [0.1, 0.15) is 5.54 Å². The Balaban J connectivity index is 1.40. The molecule has 3 aliphatic rings. The van der Waals surface area contributed by atoms with Gasteiger partial charge in [0.05, 0.1) is 11.9 Å². The first-order valence-corrected chi connectivity index (χ1v) is 11.0. The number of hydrogen-bond acceptors (Lipinski definition) is 4. The highest BCUT2D eigenvalue weighted by Crippen LogP contribution is 2.38. The van der Waals surface area contributed by atoms with Crippen LogP contribution in [0.5, 0.6) is 0 Å². The van der Waals surface area contributed by atoms with E-state index in [1.54, 1.807) is 4.68 Å². The van der Waals surface area contributed by atoms with Gasteiger partial charge in [-0.25, -0.2) is 0 Å². The van der Waals surface area contributed by atoms with Gasteiger partial charge in [-0.15, -0.1) is 0 Å². The van der Waals surface area contributed by atoms with Crippen molar-refractivity contribution >= 4 is 11.6 Å². The Hall–Kier alpha value is -2.18. The van der Waals surface area contributed by atoms with Crippen LogP contribution in [0.15, 0.2) is 42.7 Å². The Kier molecular flexibility index (Phi) is 4.92. The lowest BCUT2D eigenvalue weighted by molar-refractivity contribution is -0.138. The number of carbonyl (C=O) groups is 1. The summed E-state index contributed by atoms with van der Waals surface area (Å²) in [6, 6.07) is 10.6. The van der Waals surface area contributed by atoms with Gasteiger partial charge in [-0.05, 0) is 37.2 Å². The molecule has 0 atom stereocenters. The number of piperidine rings is 1. The zero-order chi connectivity index (χ0) is 19.8. The van der Waals surface area contributed by atoms with Crippen LogP contribution in [0.4, 0.5) is 5.69 Å². The zero-order valence-corrected chi connectivity index (χ0v) is 17.3. The van der Waals surface area contributed by atoms with Crippen molar-refractivity contribution in [1.29, 1.82) is 0 Å². The van der Waals surface area contributed by atoms with Crippen LogP contribution in [0.3, 0.4) is 0 Å². The highest BCUT2D eigenvalue weighted by Gasteiger charge is 2.51. The van der Waals surface area contributed by atoms with Crippen molar-refractivity contribution in [3.8, 4) is 0 Å². The lowest BCUT2D eigenvalue weighted by Gasteiger charge is -2.52. The summed E-state index contributed by atoms with van der Waals surface area (Å²) in [6.45, 7) is 5.73. The van der Waals surface area contributed by atoms with Crippen molar-refractivity contribution in [3.63, 3.8) is 0 Å². The second-order valence-electron chi connectivity index (χ2n) is 9.01. The summed E-state index contributed by atoms with van der Waals surface area (Å²) in [5.41, 5.74) is 1.82. The maximum atomic E-state index is 13.9. The van der Waals surface area contributed by atoms with E-state index in [1.165, 1.54) is 24.9 Å². The van der Waals surface area contributed by atoms with Crippen LogP contribution in [0.1, 0.15) is 31.2 Å². The second-order valence-corrected chi connectivity index (χ2v) is 9.01. The molecule has 2 aromatic rings. The van der Waals surface area contributed by atoms with Gasteiger partial charge in [-0.1, -0.05) is 30.3 Å². The number of benzene rings is 1. The van der Waals surface area contributed by atoms with Gasteiger partial charge in [0.2, 0.25) is 5.91 Å². The minimum atomic E-state index is -0.399. The topological polar surface area (TPSA) is 44.6 Å². The number of hydrogen-bond donors (Lipinski definition) is 0. The molecule has 1 aliphatic carbocycles. The molecule has 2 saturated heterocycles. The first kappa shape index (κ1) is 18.8. The number of aromatic nitrogens is 2. The van der Waals surface area contributed by atoms with Crippen molar-refractivity contribution in [2.45, 2.75) is 37.8 Å². The van der Waals surface area contributed by atoms with E-state index in [-0.39, 0.29) is 5.91 Å². The molecule has 6 heteroatoms. The van der Waals surface area contributed by atoms with Crippen LogP contribution in [0, 0.1) is 5.92 Å². The van der Waals surface area contributed by atoms with Gasteiger partial charge >= 0.3 is 0 Å². The third-order valence-electron chi connectivity index (χ3n) is 6.96. The largest absolute Gasteiger partial charge is 0.307 e. The van der Waals surface area contributed by atoms with E-state index < -0.39 is 5.54 Å². The lowest BCUT2D eigenvalue weighted by Crippen LogP contribution is -2.68. The average molecular weight is 394 g/mol. The Morgan fingerprint density at radius 2 is 1.83 bits per heavy atom. The molecule has 0 bridgehead atoms. The molecule has 154 valence electrons. The molecule has 1 aromatic heterocycles. The third-order valence-corrected chi connectivity index (χ3v) is 6.96. The highest BCUT2D eigenvalue weighted by molar-refractivity contribution is 6.01. The minimum Gasteiger partial charge on any atom is -0.307 e. The summed E-state index contributed by atoms with van der Waals surface area (Å²) in [7, 11) is 1.91. The summed E-state index contributed by atoms with van der Waals surface area (Å²) < 4.78 is 1.78. The van der Waals surface area contributed by atoms with Gasteiger partial charge < -0.3 is 9.80 Å². The lowest BCUT2D eigenvalue weighted by atomic mass is 9.81. The predicted molar refractivity (Wildman–Crippen MR) is 114 cm³/mol. The van der Waals surface area contributed by atoms with Crippen molar-refractivity contribution in [1.82, 2.24) is 19.6 Å². The quantitative estimate of drug-likeness (QED) is 0.783. The number of nitrogens with zero attached hydrogens (tertiary/aromatic N) is 5. The van der Waals surface area contributed by atoms with Gasteiger partial charge in [0, 0.05) is 52.5 Å². The minimum absolute atomic E-state index is 0.263. The number of amides is 1. The zero-order valence-electron chi connectivity index (χ0n) is 17.3. The van der Waals surface area contributed by atoms with E-state index in [0.29, 0.717) is 0 Å². The van der Waals surface area contributed by atoms with Crippen molar-refractivity contribution in [2.75, 3.05) is 37.6 Å². The monoisotopic (exact) mass is 393 g/mol. The molecule has 2 aliphatic heterocycles. The fourth-order valence-corrected chi connectivity index (χ4v) is 5.05. The molecule has 0 radical (unpaired) electrons. The first-order chi connectivity index (χ1) is 14.1. The molecule has 1 amide bonds. The molecular weight excluding hydrogens is 362 g/mol. The van der Waals surface area contributed by atoms with Crippen LogP contribution >= 0.6 is 0 Å². The Labute approximate surface area is 173 Å². The van der Waals surface area contributed by atoms with Crippen LogP contribution in [-0.2, 0) is 18.4 Å². The molecule has 6 nitrogen and oxygen atoms in total. The van der Waals surface area contributed by atoms with Crippen molar-refractivity contribution in [3.05, 3.63) is 48.3 Å². The number of likely N-dealkylation sites (tertiary alicyclic amines) is 1. The third kappa shape index (κ3) is 3.71. The van der Waals surface area contributed by atoms with Crippen LogP contribution in [0.2, 0.25) is 0 Å². The summed E-state index contributed by atoms with van der Waals surface area (Å²) in [5, 5.41) is 4.30. The average Bonchev–Trinajstić information content (AvgIpc) is 3.46. The normalized spacial score (nSPS) is 23.1. The van der Waals surface area contributed by atoms with E-state index in [9.17, 15) is 4.79 Å². The molecule has 0 unspecified atom stereocenters. The highest BCUT2D eigenvalue weighted by atomic mass is 16.2. The Morgan fingerprint density at radius 1 is 1.07 bits per heavy atom. The van der Waals surface area contributed by atoms with E-state index in [4.69, 9.17) is 0 Å². The van der Waals surface area contributed by atoms with Crippen LogP contribution in [-0.4, -0.2) is 63.8 Å². The summed E-state index contributed by atoms with van der Waals surface area (Å²) in [6.07, 6.45) is 8.39. The SMILES string of the molecule is Cn1cc(N2CCN(Cc3ccccc3)C3(CCN(CC4CC4)CC3)C2=O)cn1. The molecule has 1 saturated carbocycles. The summed E-state index contributed by atoms with van der Waals surface area (Å²) >= 11 is 0. The summed E-state index contributed by atoms with van der Waals surface area (Å²) in [4.78, 5) is 20.9. The van der Waals surface area contributed by atoms with Crippen molar-refractivity contribution in [2.24, 2.45) is 13.0 Å². The fraction of sp³-hybridized carbons (Fsp3) is 0.565. The van der Waals surface area contributed by atoms with Gasteiger partial charge in [-0.3, -0.25) is 14.4 Å². The number of piperazine rings is 1. The second kappa shape index (κ2) is 7.58. The van der Waals surface area contributed by atoms with Crippen molar-refractivity contribution < 1.29 is 4.79 Å². The number of anilines is 1. The molecular formula is C23H31N5O. The van der Waals surface area contributed by atoms with E-state index in [2.05, 4.69) is 45.2 Å². The smallest absolute Gasteiger partial charge is 0.247 e. The fourth-order valence-electron chi connectivity index (χ4n) is 5.05. The molecule has 1 aromatic carbocycles. The van der Waals surface area contributed by atoms with Gasteiger partial charge in [0.15, 0.2) is 0 Å². The standard InChI is InChI=1S/C23H31N5O/c1-25-18-21(15-24-25)28-14-13-27(17-19-5-3-2-4-6-19)23(22(28)29)9-11-26(12-10-23)16-20-7-8-20/h2-6,15,18,20H,7-14,16-17H2,1H3. The molecule has 1 spiro atoms. The number of rotatable bonds is 5. The summed E-state index contributed by atoms with van der Waals surface area (Å²) in [5.74, 6) is 1.16. The molecule has 5 rings (SSSR count). The van der Waals surface area contributed by atoms with Crippen LogP contribution < -0.4 is 4.90 Å². The first-order valence-electron chi connectivity index (χ1n) is 11.0. The molecule has 29 heavy (non-hydrogen) atoms.